The molecule has 0 fully saturated rings. The van der Waals surface area contributed by atoms with E-state index in [0.717, 1.165) is 0 Å². The van der Waals surface area contributed by atoms with Crippen molar-refractivity contribution in [3.05, 3.63) is 0 Å². The van der Waals surface area contributed by atoms with Crippen molar-refractivity contribution in [2.24, 2.45) is 0 Å². The fourth-order valence-electron chi connectivity index (χ4n) is 0.996. The van der Waals surface area contributed by atoms with Crippen LogP contribution in [-0.4, -0.2) is 37.6 Å². The maximum atomic E-state index is 13.3. The van der Waals surface area contributed by atoms with Gasteiger partial charge in [0.2, 0.25) is 6.17 Å². The van der Waals surface area contributed by atoms with Gasteiger partial charge in [-0.2, -0.15) is 13.2 Å². The average molecular weight is 260 g/mol. The zero-order chi connectivity index (χ0) is 13.5. The number of esters is 1. The van der Waals surface area contributed by atoms with E-state index >= 15 is 0 Å². The highest BCUT2D eigenvalue weighted by atomic mass is 19.4. The number of carbonyl (C=O) groups excluding carboxylic acids is 1. The maximum absolute atomic E-state index is 13.3. The number of hydrogen-bond acceptors (Lipinski definition) is 3. The Morgan fingerprint density at radius 1 is 1.18 bits per heavy atom. The molecule has 0 aromatic carbocycles. The molecule has 3 nitrogen and oxygen atoms in total. The average Bonchev–Trinajstić information content (AvgIpc) is 2.24. The van der Waals surface area contributed by atoms with Gasteiger partial charge in [0.25, 0.3) is 0 Å². The summed E-state index contributed by atoms with van der Waals surface area (Å²) >= 11 is 0. The van der Waals surface area contributed by atoms with Crippen LogP contribution in [0, 0.1) is 0 Å². The highest BCUT2D eigenvalue weighted by molar-refractivity contribution is 5.75. The van der Waals surface area contributed by atoms with Crippen LogP contribution in [0.4, 0.5) is 17.6 Å². The van der Waals surface area contributed by atoms with Gasteiger partial charge in [-0.05, 0) is 12.8 Å². The smallest absolute Gasteiger partial charge is 0.418 e. The Bertz CT molecular complexity index is 230. The van der Waals surface area contributed by atoms with E-state index in [1.165, 1.54) is 0 Å². The zero-order valence-corrected chi connectivity index (χ0v) is 9.72. The van der Waals surface area contributed by atoms with Gasteiger partial charge in [-0.25, -0.2) is 9.18 Å². The Labute approximate surface area is 97.1 Å². The monoisotopic (exact) mass is 260 g/mol. The minimum atomic E-state index is -4.93. The van der Waals surface area contributed by atoms with E-state index in [9.17, 15) is 22.4 Å². The van der Waals surface area contributed by atoms with Gasteiger partial charge in [0.1, 0.15) is 0 Å². The second kappa shape index (κ2) is 7.47. The normalized spacial score (nSPS) is 15.4. The highest BCUT2D eigenvalue weighted by Gasteiger charge is 2.49. The van der Waals surface area contributed by atoms with Crippen LogP contribution in [0.1, 0.15) is 26.7 Å². The molecular weight excluding hydrogens is 244 g/mol. The molecule has 0 N–H and O–H groups in total. The molecule has 0 heterocycles. The number of rotatable bonds is 7. The van der Waals surface area contributed by atoms with Crippen LogP contribution in [0.15, 0.2) is 0 Å². The van der Waals surface area contributed by atoms with Crippen molar-refractivity contribution in [3.63, 3.8) is 0 Å². The number of ether oxygens (including phenoxy) is 2. The van der Waals surface area contributed by atoms with Crippen LogP contribution in [0.5, 0.6) is 0 Å². The number of alkyl halides is 4. The van der Waals surface area contributed by atoms with E-state index in [0.29, 0.717) is 12.8 Å². The summed E-state index contributed by atoms with van der Waals surface area (Å²) in [6.45, 7) is 2.84. The first-order valence-electron chi connectivity index (χ1n) is 5.33. The predicted molar refractivity (Wildman–Crippen MR) is 52.2 cm³/mol. The minimum absolute atomic E-state index is 0.113. The van der Waals surface area contributed by atoms with Crippen molar-refractivity contribution in [3.8, 4) is 0 Å². The van der Waals surface area contributed by atoms with Crippen molar-refractivity contribution in [2.75, 3.05) is 13.2 Å². The number of halogens is 4. The van der Waals surface area contributed by atoms with Crippen molar-refractivity contribution in [2.45, 2.75) is 45.1 Å². The van der Waals surface area contributed by atoms with Gasteiger partial charge in [0, 0.05) is 6.61 Å². The Morgan fingerprint density at radius 2 is 1.71 bits per heavy atom. The van der Waals surface area contributed by atoms with Gasteiger partial charge >= 0.3 is 12.1 Å². The second-order valence-electron chi connectivity index (χ2n) is 3.40. The molecule has 0 radical (unpaired) electrons. The first-order valence-corrected chi connectivity index (χ1v) is 5.33. The first kappa shape index (κ1) is 16.1. The molecule has 0 rings (SSSR count). The van der Waals surface area contributed by atoms with Crippen molar-refractivity contribution < 1.29 is 31.8 Å². The first-order chi connectivity index (χ1) is 7.84. The van der Waals surface area contributed by atoms with Gasteiger partial charge in [0.05, 0.1) is 6.61 Å². The van der Waals surface area contributed by atoms with Gasteiger partial charge < -0.3 is 9.47 Å². The molecule has 0 aromatic heterocycles. The van der Waals surface area contributed by atoms with E-state index in [2.05, 4.69) is 9.47 Å². The molecule has 0 aromatic rings. The van der Waals surface area contributed by atoms with Crippen LogP contribution < -0.4 is 0 Å². The molecule has 2 unspecified atom stereocenters. The van der Waals surface area contributed by atoms with E-state index in [1.54, 1.807) is 13.8 Å². The summed E-state index contributed by atoms with van der Waals surface area (Å²) in [6.07, 6.45) is -9.83. The van der Waals surface area contributed by atoms with Crippen LogP contribution in [0.3, 0.4) is 0 Å². The van der Waals surface area contributed by atoms with Gasteiger partial charge in [-0.15, -0.1) is 0 Å². The molecule has 102 valence electrons. The summed E-state index contributed by atoms with van der Waals surface area (Å²) in [5.74, 6) is -1.54. The zero-order valence-electron chi connectivity index (χ0n) is 9.72. The van der Waals surface area contributed by atoms with E-state index in [-0.39, 0.29) is 13.2 Å². The van der Waals surface area contributed by atoms with E-state index < -0.39 is 24.4 Å². The molecule has 0 bridgehead atoms. The summed E-state index contributed by atoms with van der Waals surface area (Å²) in [6, 6.07) is 0. The Balaban J connectivity index is 4.51. The molecule has 0 aliphatic rings. The lowest BCUT2D eigenvalue weighted by Crippen LogP contribution is -2.44. The summed E-state index contributed by atoms with van der Waals surface area (Å²) < 4.78 is 59.1. The third-order valence-electron chi connectivity index (χ3n) is 1.76. The Kier molecular flexibility index (Phi) is 7.10. The Hall–Kier alpha value is -0.850. The topological polar surface area (TPSA) is 35.5 Å². The lowest BCUT2D eigenvalue weighted by Gasteiger charge is -2.22. The summed E-state index contributed by atoms with van der Waals surface area (Å²) in [5.41, 5.74) is 0. The molecule has 0 saturated heterocycles. The van der Waals surface area contributed by atoms with E-state index in [4.69, 9.17) is 0 Å². The summed E-state index contributed by atoms with van der Waals surface area (Å²) in [5, 5.41) is 0. The van der Waals surface area contributed by atoms with Gasteiger partial charge in [-0.3, -0.25) is 0 Å². The molecule has 0 saturated carbocycles. The SMILES string of the molecule is CCCOC(=O)C(F)C(OCCC)C(F)(F)F. The molecule has 7 heteroatoms. The largest absolute Gasteiger partial charge is 0.463 e. The molecule has 0 aliphatic carbocycles. The Morgan fingerprint density at radius 3 is 2.12 bits per heavy atom. The molecule has 17 heavy (non-hydrogen) atoms. The lowest BCUT2D eigenvalue weighted by atomic mass is 10.2. The van der Waals surface area contributed by atoms with E-state index in [1.807, 2.05) is 0 Å². The molecular formula is C10H16F4O3. The fraction of sp³-hybridized carbons (Fsp3) is 0.900. The van der Waals surface area contributed by atoms with Crippen molar-refractivity contribution in [1.82, 2.24) is 0 Å². The number of carbonyl (C=O) groups is 1. The van der Waals surface area contributed by atoms with Crippen LogP contribution in [-0.2, 0) is 14.3 Å². The predicted octanol–water partition coefficient (Wildman–Crippen LogP) is 2.64. The lowest BCUT2D eigenvalue weighted by molar-refractivity contribution is -0.240. The standard InChI is InChI=1S/C10H16F4O3/c1-3-5-16-8(10(12,13)14)7(11)9(15)17-6-4-2/h7-8H,3-6H2,1-2H3. The second-order valence-corrected chi connectivity index (χ2v) is 3.40. The molecule has 0 aliphatic heterocycles. The third kappa shape index (κ3) is 5.86. The summed E-state index contributed by atoms with van der Waals surface area (Å²) in [4.78, 5) is 11.0. The number of hydrogen-bond donors (Lipinski definition) is 0. The van der Waals surface area contributed by atoms with Crippen LogP contribution >= 0.6 is 0 Å². The van der Waals surface area contributed by atoms with Gasteiger partial charge in [0.15, 0.2) is 6.10 Å². The molecule has 0 spiro atoms. The minimum Gasteiger partial charge on any atom is -0.463 e. The van der Waals surface area contributed by atoms with Crippen molar-refractivity contribution >= 4 is 5.97 Å². The van der Waals surface area contributed by atoms with Gasteiger partial charge in [-0.1, -0.05) is 13.8 Å². The summed E-state index contributed by atoms with van der Waals surface area (Å²) in [7, 11) is 0. The quantitative estimate of drug-likeness (QED) is 0.521. The highest BCUT2D eigenvalue weighted by Crippen LogP contribution is 2.27. The van der Waals surface area contributed by atoms with Crippen LogP contribution in [0.2, 0.25) is 0 Å². The van der Waals surface area contributed by atoms with Crippen LogP contribution in [0.25, 0.3) is 0 Å². The van der Waals surface area contributed by atoms with Crippen molar-refractivity contribution in [1.29, 1.82) is 0 Å². The fourth-order valence-corrected chi connectivity index (χ4v) is 0.996. The molecule has 0 amide bonds. The third-order valence-corrected chi connectivity index (χ3v) is 1.76. The molecule has 2 atom stereocenters. The maximum Gasteiger partial charge on any atom is 0.418 e.